The van der Waals surface area contributed by atoms with Crippen LogP contribution in [-0.4, -0.2) is 24.5 Å². The van der Waals surface area contributed by atoms with E-state index in [1.54, 1.807) is 12.1 Å². The average Bonchev–Trinajstić information content (AvgIpc) is 2.87. The van der Waals surface area contributed by atoms with Crippen LogP contribution >= 0.6 is 0 Å². The van der Waals surface area contributed by atoms with Crippen molar-refractivity contribution in [2.45, 2.75) is 84.2 Å². The SMILES string of the molecule is C#CC(=O)C(CCCC)OC(=O)c1ccc(CCc2ccc(OCCCCCCC)cc2)cc1. The number of ketones is 1. The summed E-state index contributed by atoms with van der Waals surface area (Å²) in [5.41, 5.74) is 2.79. The third kappa shape index (κ3) is 9.83. The molecule has 0 heterocycles. The van der Waals surface area contributed by atoms with Crippen molar-refractivity contribution in [3.05, 3.63) is 65.2 Å². The van der Waals surface area contributed by atoms with E-state index >= 15 is 0 Å². The van der Waals surface area contributed by atoms with Gasteiger partial charge in [-0.2, -0.15) is 0 Å². The Bertz CT molecular complexity index is 906. The fraction of sp³-hybridized carbons (Fsp3) is 0.467. The molecule has 0 aromatic heterocycles. The van der Waals surface area contributed by atoms with Gasteiger partial charge in [-0.1, -0.05) is 70.2 Å². The molecular weight excluding hydrogens is 424 g/mol. The first-order valence-corrected chi connectivity index (χ1v) is 12.6. The molecule has 0 amide bonds. The van der Waals surface area contributed by atoms with Gasteiger partial charge in [-0.15, -0.1) is 6.42 Å². The summed E-state index contributed by atoms with van der Waals surface area (Å²) in [5.74, 6) is 1.99. The van der Waals surface area contributed by atoms with Crippen LogP contribution in [0.3, 0.4) is 0 Å². The molecule has 0 radical (unpaired) electrons. The highest BCUT2D eigenvalue weighted by Gasteiger charge is 2.21. The Labute approximate surface area is 205 Å². The monoisotopic (exact) mass is 462 g/mol. The molecule has 1 unspecified atom stereocenters. The highest BCUT2D eigenvalue weighted by molar-refractivity contribution is 6.00. The van der Waals surface area contributed by atoms with Gasteiger partial charge in [0.2, 0.25) is 5.78 Å². The summed E-state index contributed by atoms with van der Waals surface area (Å²) in [4.78, 5) is 24.3. The van der Waals surface area contributed by atoms with Crippen LogP contribution in [-0.2, 0) is 22.4 Å². The van der Waals surface area contributed by atoms with Crippen LogP contribution in [0.25, 0.3) is 0 Å². The number of esters is 1. The Morgan fingerprint density at radius 1 is 0.824 bits per heavy atom. The number of aryl methyl sites for hydroxylation is 2. The van der Waals surface area contributed by atoms with E-state index in [0.717, 1.165) is 50.0 Å². The van der Waals surface area contributed by atoms with Crippen LogP contribution in [0.4, 0.5) is 0 Å². The van der Waals surface area contributed by atoms with Crippen molar-refractivity contribution >= 4 is 11.8 Å². The summed E-state index contributed by atoms with van der Waals surface area (Å²) < 4.78 is 11.2. The fourth-order valence-corrected chi connectivity index (χ4v) is 3.67. The summed E-state index contributed by atoms with van der Waals surface area (Å²) >= 11 is 0. The highest BCUT2D eigenvalue weighted by Crippen LogP contribution is 2.16. The van der Waals surface area contributed by atoms with Crippen molar-refractivity contribution in [1.82, 2.24) is 0 Å². The molecule has 0 N–H and O–H groups in total. The van der Waals surface area contributed by atoms with Crippen molar-refractivity contribution in [2.75, 3.05) is 6.61 Å². The summed E-state index contributed by atoms with van der Waals surface area (Å²) in [7, 11) is 0. The number of rotatable bonds is 16. The molecular formula is C30H38O4. The standard InChI is InChI=1S/C30H38O4/c1-4-7-9-10-11-23-33-27-21-17-25(18-22-27)14-13-24-15-19-26(20-16-24)30(32)34-29(12-8-5-2)28(31)6-3/h3,15-22,29H,4-5,7-14,23H2,1-2H3. The predicted molar refractivity (Wildman–Crippen MR) is 137 cm³/mol. The number of unbranched alkanes of at least 4 members (excludes halogenated alkanes) is 5. The van der Waals surface area contributed by atoms with Gasteiger partial charge in [-0.05, 0) is 73.4 Å². The van der Waals surface area contributed by atoms with Gasteiger partial charge in [0.05, 0.1) is 12.2 Å². The van der Waals surface area contributed by atoms with Gasteiger partial charge in [0.15, 0.2) is 6.10 Å². The lowest BCUT2D eigenvalue weighted by atomic mass is 10.0. The predicted octanol–water partition coefficient (Wildman–Crippen LogP) is 6.74. The second kappa shape index (κ2) is 15.7. The molecule has 0 aliphatic carbocycles. The Morgan fingerprint density at radius 3 is 2.00 bits per heavy atom. The van der Waals surface area contributed by atoms with Crippen molar-refractivity contribution < 1.29 is 19.1 Å². The van der Waals surface area contributed by atoms with Crippen molar-refractivity contribution in [2.24, 2.45) is 0 Å². The Kier molecular flexibility index (Phi) is 12.6. The van der Waals surface area contributed by atoms with Crippen molar-refractivity contribution in [3.8, 4) is 18.1 Å². The zero-order valence-corrected chi connectivity index (χ0v) is 20.7. The third-order valence-corrected chi connectivity index (χ3v) is 5.84. The van der Waals surface area contributed by atoms with Gasteiger partial charge in [0.1, 0.15) is 5.75 Å². The molecule has 0 spiro atoms. The number of Topliss-reactive ketones (excluding diaryl/α,β-unsaturated/α-hetero) is 1. The average molecular weight is 463 g/mol. The molecule has 2 aromatic rings. The zero-order chi connectivity index (χ0) is 24.6. The van der Waals surface area contributed by atoms with Gasteiger partial charge < -0.3 is 9.47 Å². The van der Waals surface area contributed by atoms with E-state index < -0.39 is 17.9 Å². The lowest BCUT2D eigenvalue weighted by Crippen LogP contribution is -2.26. The maximum atomic E-state index is 12.4. The number of carbonyl (C=O) groups is 2. The lowest BCUT2D eigenvalue weighted by Gasteiger charge is -2.14. The minimum Gasteiger partial charge on any atom is -0.494 e. The maximum Gasteiger partial charge on any atom is 0.338 e. The Balaban J connectivity index is 1.79. The number of hydrogen-bond acceptors (Lipinski definition) is 4. The quantitative estimate of drug-likeness (QED) is 0.120. The van der Waals surface area contributed by atoms with Gasteiger partial charge >= 0.3 is 5.97 Å². The molecule has 0 fully saturated rings. The zero-order valence-electron chi connectivity index (χ0n) is 20.7. The third-order valence-electron chi connectivity index (χ3n) is 5.84. The molecule has 34 heavy (non-hydrogen) atoms. The molecule has 2 aromatic carbocycles. The van der Waals surface area contributed by atoms with Gasteiger partial charge in [-0.3, -0.25) is 4.79 Å². The molecule has 4 nitrogen and oxygen atoms in total. The molecule has 0 saturated heterocycles. The number of carbonyl (C=O) groups excluding carboxylic acids is 2. The van der Waals surface area contributed by atoms with E-state index in [-0.39, 0.29) is 0 Å². The first kappa shape index (κ1) is 27.2. The lowest BCUT2D eigenvalue weighted by molar-refractivity contribution is -0.122. The van der Waals surface area contributed by atoms with E-state index in [4.69, 9.17) is 15.9 Å². The van der Waals surface area contributed by atoms with Crippen molar-refractivity contribution in [1.29, 1.82) is 0 Å². The number of benzene rings is 2. The summed E-state index contributed by atoms with van der Waals surface area (Å²) in [6, 6.07) is 15.6. The Hall–Kier alpha value is -3.06. The molecule has 0 aliphatic heterocycles. The number of hydrogen-bond donors (Lipinski definition) is 0. The molecule has 1 atom stereocenters. The molecule has 2 rings (SSSR count). The molecule has 0 bridgehead atoms. The van der Waals surface area contributed by atoms with Crippen LogP contribution in [0.15, 0.2) is 48.5 Å². The largest absolute Gasteiger partial charge is 0.494 e. The molecule has 4 heteroatoms. The normalized spacial score (nSPS) is 11.4. The van der Waals surface area contributed by atoms with Crippen LogP contribution in [0.1, 0.15) is 86.7 Å². The van der Waals surface area contributed by atoms with E-state index in [9.17, 15) is 9.59 Å². The summed E-state index contributed by atoms with van der Waals surface area (Å²) in [6.45, 7) is 5.01. The van der Waals surface area contributed by atoms with E-state index in [1.165, 1.54) is 31.2 Å². The first-order chi connectivity index (χ1) is 16.6. The van der Waals surface area contributed by atoms with Gasteiger partial charge in [0, 0.05) is 0 Å². The summed E-state index contributed by atoms with van der Waals surface area (Å²) in [6.07, 6.45) is 14.4. The van der Waals surface area contributed by atoms with Crippen LogP contribution < -0.4 is 4.74 Å². The fourth-order valence-electron chi connectivity index (χ4n) is 3.67. The van der Waals surface area contributed by atoms with Gasteiger partial charge in [-0.25, -0.2) is 4.79 Å². The van der Waals surface area contributed by atoms with E-state index in [0.29, 0.717) is 12.0 Å². The van der Waals surface area contributed by atoms with Crippen LogP contribution in [0, 0.1) is 12.3 Å². The minimum absolute atomic E-state index is 0.422. The Morgan fingerprint density at radius 2 is 1.41 bits per heavy atom. The smallest absolute Gasteiger partial charge is 0.338 e. The maximum absolute atomic E-state index is 12.4. The molecule has 182 valence electrons. The van der Waals surface area contributed by atoms with E-state index in [1.807, 2.05) is 31.2 Å². The molecule has 0 saturated carbocycles. The van der Waals surface area contributed by atoms with Crippen LogP contribution in [0.5, 0.6) is 5.75 Å². The highest BCUT2D eigenvalue weighted by atomic mass is 16.5. The first-order valence-electron chi connectivity index (χ1n) is 12.6. The van der Waals surface area contributed by atoms with Crippen molar-refractivity contribution in [3.63, 3.8) is 0 Å². The van der Waals surface area contributed by atoms with E-state index in [2.05, 4.69) is 25.0 Å². The minimum atomic E-state index is -0.870. The molecule has 0 aliphatic rings. The summed E-state index contributed by atoms with van der Waals surface area (Å²) in [5, 5.41) is 0. The second-order valence-corrected chi connectivity index (χ2v) is 8.65. The van der Waals surface area contributed by atoms with Gasteiger partial charge in [0.25, 0.3) is 0 Å². The topological polar surface area (TPSA) is 52.6 Å². The van der Waals surface area contributed by atoms with Crippen LogP contribution in [0.2, 0.25) is 0 Å². The number of ether oxygens (including phenoxy) is 2. The number of terminal acetylenes is 1. The second-order valence-electron chi connectivity index (χ2n) is 8.65.